The average Bonchev–Trinajstić information content (AvgIpc) is 3.09. The molecule has 2 aliphatic rings. The predicted octanol–water partition coefficient (Wildman–Crippen LogP) is 2.61. The van der Waals surface area contributed by atoms with Gasteiger partial charge in [0.15, 0.2) is 5.58 Å². The Morgan fingerprint density at radius 2 is 2.10 bits per heavy atom. The number of hydrogen-bond donors (Lipinski definition) is 0. The zero-order valence-electron chi connectivity index (χ0n) is 12.1. The summed E-state index contributed by atoms with van der Waals surface area (Å²) in [6, 6.07) is 6.11. The fraction of sp³-hybridized carbons (Fsp3) is 0.533. The second-order valence-corrected chi connectivity index (χ2v) is 6.40. The van der Waals surface area contributed by atoms with Gasteiger partial charge in [0.2, 0.25) is 0 Å². The molecule has 1 aromatic carbocycles. The molecule has 0 radical (unpaired) electrons. The third-order valence-electron chi connectivity index (χ3n) is 4.49. The van der Waals surface area contributed by atoms with Crippen molar-refractivity contribution in [1.29, 1.82) is 0 Å². The van der Waals surface area contributed by atoms with Crippen LogP contribution in [0.3, 0.4) is 0 Å². The van der Waals surface area contributed by atoms with E-state index >= 15 is 0 Å². The fourth-order valence-corrected chi connectivity index (χ4v) is 2.72. The van der Waals surface area contributed by atoms with Crippen LogP contribution >= 0.6 is 0 Å². The van der Waals surface area contributed by atoms with Crippen LogP contribution in [0.1, 0.15) is 45.2 Å². The van der Waals surface area contributed by atoms with Crippen molar-refractivity contribution < 1.29 is 13.8 Å². The molecular weight excluding hydrogens is 253 g/mol. The molecule has 104 valence electrons. The Balaban J connectivity index is 1.77. The van der Waals surface area contributed by atoms with Gasteiger partial charge in [0.1, 0.15) is 0 Å². The molecular formula is C15H18BNO3. The first-order valence-electron chi connectivity index (χ1n) is 7.28. The van der Waals surface area contributed by atoms with Gasteiger partial charge in [-0.15, -0.1) is 0 Å². The van der Waals surface area contributed by atoms with Crippen LogP contribution in [0.4, 0.5) is 0 Å². The number of para-hydroxylation sites is 1. The Hall–Kier alpha value is -1.33. The molecule has 1 unspecified atom stereocenters. The minimum Gasteiger partial charge on any atom is -0.402 e. The van der Waals surface area contributed by atoms with Crippen molar-refractivity contribution in [3.8, 4) is 0 Å². The van der Waals surface area contributed by atoms with Crippen LogP contribution in [-0.4, -0.2) is 24.0 Å². The van der Waals surface area contributed by atoms with Crippen LogP contribution in [0, 0.1) is 0 Å². The third kappa shape index (κ3) is 1.80. The molecule has 1 aromatic heterocycles. The molecule has 1 saturated carbocycles. The Morgan fingerprint density at radius 3 is 2.75 bits per heavy atom. The number of nitrogens with zero attached hydrogens (tertiary/aromatic N) is 1. The summed E-state index contributed by atoms with van der Waals surface area (Å²) in [7, 11) is -0.372. The molecule has 0 N–H and O–H groups in total. The molecule has 20 heavy (non-hydrogen) atoms. The van der Waals surface area contributed by atoms with E-state index < -0.39 is 0 Å². The highest BCUT2D eigenvalue weighted by molar-refractivity contribution is 6.64. The molecule has 1 aliphatic heterocycles. The molecule has 4 nitrogen and oxygen atoms in total. The topological polar surface area (TPSA) is 44.5 Å². The van der Waals surface area contributed by atoms with E-state index in [1.165, 1.54) is 12.8 Å². The molecule has 0 spiro atoms. The molecule has 2 fully saturated rings. The number of rotatable bonds is 2. The second-order valence-electron chi connectivity index (χ2n) is 6.40. The summed E-state index contributed by atoms with van der Waals surface area (Å²) in [6.07, 6.45) is 2.48. The minimum atomic E-state index is -0.372. The first-order valence-corrected chi connectivity index (χ1v) is 7.28. The van der Waals surface area contributed by atoms with Crippen LogP contribution in [0.5, 0.6) is 0 Å². The SMILES string of the molecule is CC1OB(c2cccc3c(C4CC4)noc23)OC1(C)C. The summed E-state index contributed by atoms with van der Waals surface area (Å²) in [5, 5.41) is 5.36. The fourth-order valence-electron chi connectivity index (χ4n) is 2.72. The van der Waals surface area contributed by atoms with Crippen molar-refractivity contribution >= 4 is 23.6 Å². The lowest BCUT2D eigenvalue weighted by Gasteiger charge is -2.21. The summed E-state index contributed by atoms with van der Waals surface area (Å²) in [5.74, 6) is 0.576. The standard InChI is InChI=1S/C15H18BNO3/c1-9-15(2,3)20-16(18-9)12-6-4-5-11-13(10-7-8-10)17-19-14(11)12/h4-6,9-10H,7-8H2,1-3H3. The quantitative estimate of drug-likeness (QED) is 0.787. The monoisotopic (exact) mass is 271 g/mol. The lowest BCUT2D eigenvalue weighted by molar-refractivity contribution is 0.0842. The van der Waals surface area contributed by atoms with Crippen molar-refractivity contribution in [3.63, 3.8) is 0 Å². The third-order valence-corrected chi connectivity index (χ3v) is 4.49. The molecule has 1 aliphatic carbocycles. The van der Waals surface area contributed by atoms with Crippen molar-refractivity contribution in [2.24, 2.45) is 0 Å². The van der Waals surface area contributed by atoms with Gasteiger partial charge in [0.05, 0.1) is 17.4 Å². The minimum absolute atomic E-state index is 0.0496. The molecule has 0 amide bonds. The molecule has 4 rings (SSSR count). The highest BCUT2D eigenvalue weighted by Crippen LogP contribution is 2.42. The van der Waals surface area contributed by atoms with Crippen LogP contribution in [0.25, 0.3) is 11.0 Å². The maximum absolute atomic E-state index is 6.03. The van der Waals surface area contributed by atoms with E-state index in [9.17, 15) is 0 Å². The summed E-state index contributed by atoms with van der Waals surface area (Å²) in [4.78, 5) is 0. The lowest BCUT2D eigenvalue weighted by atomic mass is 9.78. The largest absolute Gasteiger partial charge is 0.498 e. The maximum atomic E-state index is 6.03. The van der Waals surface area contributed by atoms with Crippen molar-refractivity contribution in [3.05, 3.63) is 23.9 Å². The van der Waals surface area contributed by atoms with Crippen LogP contribution < -0.4 is 5.46 Å². The molecule has 1 saturated heterocycles. The van der Waals surface area contributed by atoms with Crippen molar-refractivity contribution in [2.75, 3.05) is 0 Å². The highest BCUT2D eigenvalue weighted by Gasteiger charge is 2.45. The lowest BCUT2D eigenvalue weighted by Crippen LogP contribution is -2.35. The van der Waals surface area contributed by atoms with E-state index in [4.69, 9.17) is 13.8 Å². The van der Waals surface area contributed by atoms with E-state index in [0.717, 1.165) is 22.1 Å². The molecule has 2 heterocycles. The van der Waals surface area contributed by atoms with Gasteiger partial charge in [-0.3, -0.25) is 0 Å². The van der Waals surface area contributed by atoms with Gasteiger partial charge in [-0.05, 0) is 39.7 Å². The molecule has 5 heteroatoms. The van der Waals surface area contributed by atoms with E-state index in [0.29, 0.717) is 5.92 Å². The summed E-state index contributed by atoms with van der Waals surface area (Å²) in [5.41, 5.74) is 2.56. The number of aromatic nitrogens is 1. The van der Waals surface area contributed by atoms with E-state index in [1.807, 2.05) is 32.9 Å². The van der Waals surface area contributed by atoms with Crippen molar-refractivity contribution in [1.82, 2.24) is 5.16 Å². The van der Waals surface area contributed by atoms with E-state index in [1.54, 1.807) is 0 Å². The maximum Gasteiger partial charge on any atom is 0.498 e. The van der Waals surface area contributed by atoms with Crippen LogP contribution in [0.15, 0.2) is 22.7 Å². The molecule has 2 aromatic rings. The Kier molecular flexibility index (Phi) is 2.54. The van der Waals surface area contributed by atoms with Crippen LogP contribution in [0.2, 0.25) is 0 Å². The number of benzene rings is 1. The van der Waals surface area contributed by atoms with Gasteiger partial charge in [0, 0.05) is 16.8 Å². The Morgan fingerprint density at radius 1 is 1.30 bits per heavy atom. The number of fused-ring (bicyclic) bond motifs is 1. The smallest absolute Gasteiger partial charge is 0.402 e. The first-order chi connectivity index (χ1) is 9.56. The van der Waals surface area contributed by atoms with Gasteiger partial charge in [-0.2, -0.15) is 0 Å². The van der Waals surface area contributed by atoms with Gasteiger partial charge in [-0.25, -0.2) is 0 Å². The predicted molar refractivity (Wildman–Crippen MR) is 77.1 cm³/mol. The zero-order valence-corrected chi connectivity index (χ0v) is 12.1. The van der Waals surface area contributed by atoms with E-state index in [-0.39, 0.29) is 18.8 Å². The summed E-state index contributed by atoms with van der Waals surface area (Å²) >= 11 is 0. The molecule has 0 bridgehead atoms. The van der Waals surface area contributed by atoms with Crippen molar-refractivity contribution in [2.45, 2.75) is 51.2 Å². The van der Waals surface area contributed by atoms with Crippen LogP contribution in [-0.2, 0) is 9.31 Å². The highest BCUT2D eigenvalue weighted by atomic mass is 16.7. The normalized spacial score (nSPS) is 25.6. The molecule has 1 atom stereocenters. The van der Waals surface area contributed by atoms with E-state index in [2.05, 4.69) is 11.2 Å². The summed E-state index contributed by atoms with van der Waals surface area (Å²) in [6.45, 7) is 6.14. The van der Waals surface area contributed by atoms with Gasteiger partial charge in [-0.1, -0.05) is 17.3 Å². The van der Waals surface area contributed by atoms with Gasteiger partial charge in [0.25, 0.3) is 0 Å². The average molecular weight is 271 g/mol. The Labute approximate surface area is 118 Å². The number of hydrogen-bond acceptors (Lipinski definition) is 4. The zero-order chi connectivity index (χ0) is 13.9. The Bertz CT molecular complexity index is 662. The van der Waals surface area contributed by atoms with Gasteiger partial charge < -0.3 is 13.8 Å². The second kappa shape index (κ2) is 4.09. The summed E-state index contributed by atoms with van der Waals surface area (Å²) < 4.78 is 17.6. The first kappa shape index (κ1) is 12.4. The van der Waals surface area contributed by atoms with Gasteiger partial charge >= 0.3 is 7.12 Å².